The van der Waals surface area contributed by atoms with E-state index in [0.717, 1.165) is 26.4 Å². The van der Waals surface area contributed by atoms with Crippen molar-refractivity contribution in [2.24, 2.45) is 0 Å². The highest BCUT2D eigenvalue weighted by Gasteiger charge is 2.13. The van der Waals surface area contributed by atoms with Gasteiger partial charge in [0.1, 0.15) is 16.3 Å². The highest BCUT2D eigenvalue weighted by Crippen LogP contribution is 2.31. The van der Waals surface area contributed by atoms with Gasteiger partial charge in [-0.05, 0) is 24.6 Å². The molecule has 0 aliphatic rings. The fraction of sp³-hybridized carbons (Fsp3) is 0.118. The molecule has 0 spiro atoms. The summed E-state index contributed by atoms with van der Waals surface area (Å²) in [6.45, 7) is 2.44. The highest BCUT2D eigenvalue weighted by atomic mass is 32.1. The Kier molecular flexibility index (Phi) is 4.05. The lowest BCUT2D eigenvalue weighted by Gasteiger charge is -2.08. The van der Waals surface area contributed by atoms with Crippen LogP contribution in [0.1, 0.15) is 10.4 Å². The largest absolute Gasteiger partial charge is 0.365 e. The normalized spacial score (nSPS) is 11.0. The molecule has 2 N–H and O–H groups in total. The fourth-order valence-electron chi connectivity index (χ4n) is 2.64. The summed E-state index contributed by atoms with van der Waals surface area (Å²) < 4.78 is 0. The van der Waals surface area contributed by atoms with Crippen molar-refractivity contribution >= 4 is 33.1 Å². The van der Waals surface area contributed by atoms with E-state index in [1.165, 1.54) is 6.07 Å². The molecular weight excluding hydrogens is 352 g/mol. The Morgan fingerprint density at radius 1 is 1.27 bits per heavy atom. The van der Waals surface area contributed by atoms with Crippen molar-refractivity contribution in [2.75, 3.05) is 5.32 Å². The first-order valence-corrected chi connectivity index (χ1v) is 8.67. The lowest BCUT2D eigenvalue weighted by molar-refractivity contribution is -0.384. The summed E-state index contributed by atoms with van der Waals surface area (Å²) in [6.07, 6.45) is 1.65. The average molecular weight is 366 g/mol. The molecule has 130 valence electrons. The van der Waals surface area contributed by atoms with Crippen LogP contribution in [-0.4, -0.2) is 25.1 Å². The number of H-pyrrole nitrogens is 1. The number of hydrogen-bond acceptors (Lipinski definition) is 7. The van der Waals surface area contributed by atoms with Crippen molar-refractivity contribution in [3.63, 3.8) is 0 Å². The number of anilines is 1. The summed E-state index contributed by atoms with van der Waals surface area (Å²) in [5.41, 5.74) is 1.61. The Labute approximate surface area is 152 Å². The van der Waals surface area contributed by atoms with Gasteiger partial charge in [0.05, 0.1) is 10.3 Å². The van der Waals surface area contributed by atoms with E-state index in [0.29, 0.717) is 18.2 Å². The number of fused-ring (bicyclic) bond motifs is 1. The summed E-state index contributed by atoms with van der Waals surface area (Å²) in [6, 6.07) is 10.4. The number of hydrogen-bond donors (Lipinski definition) is 2. The van der Waals surface area contributed by atoms with E-state index in [4.69, 9.17) is 0 Å². The number of nitro benzene ring substituents is 1. The molecule has 0 atom stereocenters. The summed E-state index contributed by atoms with van der Waals surface area (Å²) in [7, 11) is 0. The van der Waals surface area contributed by atoms with Gasteiger partial charge < -0.3 is 5.32 Å². The quantitative estimate of drug-likeness (QED) is 0.409. The first-order valence-electron chi connectivity index (χ1n) is 7.85. The number of aromatic nitrogens is 4. The number of non-ortho nitro benzene ring substituents is 1. The second-order valence-corrected chi connectivity index (χ2v) is 6.96. The minimum atomic E-state index is -0.398. The highest BCUT2D eigenvalue weighted by molar-refractivity contribution is 7.18. The van der Waals surface area contributed by atoms with Crippen LogP contribution < -0.4 is 5.32 Å². The average Bonchev–Trinajstić information content (AvgIpc) is 3.28. The van der Waals surface area contributed by atoms with Crippen molar-refractivity contribution in [2.45, 2.75) is 13.5 Å². The molecule has 3 aromatic heterocycles. The molecule has 4 rings (SSSR count). The van der Waals surface area contributed by atoms with Crippen molar-refractivity contribution in [3.8, 4) is 11.5 Å². The molecule has 0 unspecified atom stereocenters. The molecule has 8 nitrogen and oxygen atoms in total. The second kappa shape index (κ2) is 6.52. The summed E-state index contributed by atoms with van der Waals surface area (Å²) >= 11 is 1.59. The van der Waals surface area contributed by atoms with Gasteiger partial charge in [0, 0.05) is 29.8 Å². The maximum Gasteiger partial charge on any atom is 0.269 e. The third-order valence-electron chi connectivity index (χ3n) is 3.84. The zero-order chi connectivity index (χ0) is 18.1. The fourth-order valence-corrected chi connectivity index (χ4v) is 3.52. The van der Waals surface area contributed by atoms with Crippen LogP contribution in [0.15, 0.2) is 42.6 Å². The van der Waals surface area contributed by atoms with E-state index in [-0.39, 0.29) is 5.69 Å². The Morgan fingerprint density at radius 2 is 2.15 bits per heavy atom. The van der Waals surface area contributed by atoms with Crippen LogP contribution in [0.2, 0.25) is 0 Å². The molecule has 0 amide bonds. The molecule has 0 radical (unpaired) electrons. The zero-order valence-electron chi connectivity index (χ0n) is 13.8. The lowest BCUT2D eigenvalue weighted by Crippen LogP contribution is -2.04. The molecule has 3 heterocycles. The van der Waals surface area contributed by atoms with E-state index in [1.54, 1.807) is 29.7 Å². The van der Waals surface area contributed by atoms with E-state index in [9.17, 15) is 10.1 Å². The van der Waals surface area contributed by atoms with Crippen molar-refractivity contribution in [1.82, 2.24) is 20.2 Å². The van der Waals surface area contributed by atoms with Gasteiger partial charge in [0.25, 0.3) is 5.69 Å². The molecule has 9 heteroatoms. The first-order chi connectivity index (χ1) is 12.6. The van der Waals surface area contributed by atoms with Crippen LogP contribution in [0.3, 0.4) is 0 Å². The molecule has 0 saturated carbocycles. The Hall–Kier alpha value is -3.33. The van der Waals surface area contributed by atoms with Crippen LogP contribution in [-0.2, 0) is 6.54 Å². The Morgan fingerprint density at radius 3 is 2.92 bits per heavy atom. The third-order valence-corrected chi connectivity index (χ3v) is 4.78. The lowest BCUT2D eigenvalue weighted by atomic mass is 10.2. The molecule has 26 heavy (non-hydrogen) atoms. The number of rotatable bonds is 5. The van der Waals surface area contributed by atoms with Crippen LogP contribution in [0, 0.1) is 17.0 Å². The smallest absolute Gasteiger partial charge is 0.269 e. The summed E-state index contributed by atoms with van der Waals surface area (Å²) in [5.74, 6) is 1.24. The number of aromatic amines is 1. The van der Waals surface area contributed by atoms with Crippen LogP contribution in [0.25, 0.3) is 21.7 Å². The predicted molar refractivity (Wildman–Crippen MR) is 100 cm³/mol. The summed E-state index contributed by atoms with van der Waals surface area (Å²) in [4.78, 5) is 21.8. The molecule has 0 bridgehead atoms. The number of benzene rings is 1. The molecule has 0 aliphatic carbocycles. The SMILES string of the molecule is Cc1cc2c(NCc3cccc([N+](=O)[O-])c3)nc(-c3ccn[nH]3)nc2s1. The Bertz CT molecular complexity index is 1090. The van der Waals surface area contributed by atoms with Gasteiger partial charge in [-0.15, -0.1) is 11.3 Å². The second-order valence-electron chi connectivity index (χ2n) is 5.72. The van der Waals surface area contributed by atoms with Crippen molar-refractivity contribution in [3.05, 3.63) is 63.1 Å². The predicted octanol–water partition coefficient (Wildman–Crippen LogP) is 3.91. The maximum absolute atomic E-state index is 10.9. The van der Waals surface area contributed by atoms with Crippen molar-refractivity contribution in [1.29, 1.82) is 0 Å². The van der Waals surface area contributed by atoms with Crippen LogP contribution in [0.5, 0.6) is 0 Å². The van der Waals surface area contributed by atoms with Gasteiger partial charge in [0.2, 0.25) is 0 Å². The number of thiophene rings is 1. The van der Waals surface area contributed by atoms with E-state index in [1.807, 2.05) is 25.1 Å². The van der Waals surface area contributed by atoms with Gasteiger partial charge in [-0.2, -0.15) is 5.10 Å². The molecule has 1 aromatic carbocycles. The van der Waals surface area contributed by atoms with Gasteiger partial charge in [-0.25, -0.2) is 9.97 Å². The maximum atomic E-state index is 10.9. The van der Waals surface area contributed by atoms with Gasteiger partial charge in [0.15, 0.2) is 5.82 Å². The minimum Gasteiger partial charge on any atom is -0.365 e. The van der Waals surface area contributed by atoms with E-state index in [2.05, 4.69) is 25.5 Å². The number of nitrogens with zero attached hydrogens (tertiary/aromatic N) is 4. The number of aryl methyl sites for hydroxylation is 1. The topological polar surface area (TPSA) is 110 Å². The van der Waals surface area contributed by atoms with Crippen LogP contribution in [0.4, 0.5) is 11.5 Å². The van der Waals surface area contributed by atoms with Gasteiger partial charge in [-0.1, -0.05) is 12.1 Å². The van der Waals surface area contributed by atoms with E-state index < -0.39 is 4.92 Å². The van der Waals surface area contributed by atoms with Gasteiger partial charge >= 0.3 is 0 Å². The molecule has 0 fully saturated rings. The monoisotopic (exact) mass is 366 g/mol. The van der Waals surface area contributed by atoms with Gasteiger partial charge in [-0.3, -0.25) is 15.2 Å². The zero-order valence-corrected chi connectivity index (χ0v) is 14.6. The third kappa shape index (κ3) is 3.11. The first kappa shape index (κ1) is 16.2. The standard InChI is InChI=1S/C17H14N6O2S/c1-10-7-13-15(18-9-11-3-2-4-12(8-11)23(24)25)20-16(21-17(13)26-10)14-5-6-19-22-14/h2-8H,9H2,1H3,(H,19,22)(H,18,20,21). The van der Waals surface area contributed by atoms with E-state index >= 15 is 0 Å². The number of nitrogens with one attached hydrogen (secondary N) is 2. The van der Waals surface area contributed by atoms with Crippen molar-refractivity contribution < 1.29 is 4.92 Å². The molecule has 4 aromatic rings. The minimum absolute atomic E-state index is 0.0710. The Balaban J connectivity index is 1.69. The van der Waals surface area contributed by atoms with Crippen LogP contribution >= 0.6 is 11.3 Å². The number of nitro groups is 1. The molecular formula is C17H14N6O2S. The molecule has 0 aliphatic heterocycles. The molecule has 0 saturated heterocycles. The summed E-state index contributed by atoms with van der Waals surface area (Å²) in [5, 5.41) is 22.0.